The zero-order valence-corrected chi connectivity index (χ0v) is 10.4. The molecule has 0 bridgehead atoms. The second-order valence-corrected chi connectivity index (χ2v) is 4.35. The van der Waals surface area contributed by atoms with Crippen molar-refractivity contribution in [3.05, 3.63) is 52.5 Å². The Kier molecular flexibility index (Phi) is 3.58. The van der Waals surface area contributed by atoms with Crippen molar-refractivity contribution in [3.8, 4) is 5.75 Å². The maximum atomic E-state index is 13.0. The highest BCUT2D eigenvalue weighted by molar-refractivity contribution is 9.10. The van der Waals surface area contributed by atoms with Crippen LogP contribution >= 0.6 is 15.9 Å². The Bertz CT molecular complexity index is 516. The van der Waals surface area contributed by atoms with Gasteiger partial charge in [0.15, 0.2) is 0 Å². The molecule has 0 atom stereocenters. The molecule has 0 unspecified atom stereocenters. The van der Waals surface area contributed by atoms with E-state index in [-0.39, 0.29) is 12.4 Å². The Morgan fingerprint density at radius 2 is 2.12 bits per heavy atom. The van der Waals surface area contributed by atoms with Crippen LogP contribution in [0.3, 0.4) is 0 Å². The van der Waals surface area contributed by atoms with E-state index < -0.39 is 0 Å². The van der Waals surface area contributed by atoms with E-state index in [4.69, 9.17) is 10.5 Å². The Labute approximate surface area is 107 Å². The predicted molar refractivity (Wildman–Crippen MR) is 67.1 cm³/mol. The van der Waals surface area contributed by atoms with E-state index in [1.54, 1.807) is 6.20 Å². The molecule has 2 rings (SSSR count). The standard InChI is InChI=1S/C12H10BrFN2O/c13-8-1-3-10(16-6-8)7-17-12-5-9(14)2-4-11(12)15/h1-6H,7,15H2. The zero-order valence-electron chi connectivity index (χ0n) is 8.86. The molecule has 2 aromatic rings. The predicted octanol–water partition coefficient (Wildman–Crippen LogP) is 3.14. The van der Waals surface area contributed by atoms with Gasteiger partial charge in [0, 0.05) is 16.7 Å². The molecule has 0 radical (unpaired) electrons. The van der Waals surface area contributed by atoms with Gasteiger partial charge in [0.1, 0.15) is 18.2 Å². The third kappa shape index (κ3) is 3.17. The van der Waals surface area contributed by atoms with Crippen LogP contribution in [0.4, 0.5) is 10.1 Å². The molecule has 0 fully saturated rings. The SMILES string of the molecule is Nc1ccc(F)cc1OCc1ccc(Br)cn1. The average Bonchev–Trinajstić information content (AvgIpc) is 2.32. The Hall–Kier alpha value is -1.62. The highest BCUT2D eigenvalue weighted by Gasteiger charge is 2.03. The van der Waals surface area contributed by atoms with Crippen molar-refractivity contribution < 1.29 is 9.13 Å². The molecule has 0 saturated carbocycles. The lowest BCUT2D eigenvalue weighted by atomic mass is 10.3. The van der Waals surface area contributed by atoms with Gasteiger partial charge >= 0.3 is 0 Å². The maximum absolute atomic E-state index is 13.0. The molecule has 1 aromatic carbocycles. The van der Waals surface area contributed by atoms with E-state index in [0.29, 0.717) is 11.4 Å². The summed E-state index contributed by atoms with van der Waals surface area (Å²) in [6.45, 7) is 0.251. The van der Waals surface area contributed by atoms with Crippen LogP contribution in [-0.2, 0) is 6.61 Å². The molecule has 0 spiro atoms. The van der Waals surface area contributed by atoms with Crippen molar-refractivity contribution in [1.29, 1.82) is 0 Å². The number of nitrogens with zero attached hydrogens (tertiary/aromatic N) is 1. The van der Waals surface area contributed by atoms with Crippen LogP contribution in [-0.4, -0.2) is 4.98 Å². The second kappa shape index (κ2) is 5.14. The van der Waals surface area contributed by atoms with Crippen molar-refractivity contribution in [2.45, 2.75) is 6.61 Å². The Morgan fingerprint density at radius 3 is 2.82 bits per heavy atom. The van der Waals surface area contributed by atoms with Gasteiger partial charge in [-0.15, -0.1) is 0 Å². The molecule has 0 amide bonds. The van der Waals surface area contributed by atoms with Gasteiger partial charge in [0.25, 0.3) is 0 Å². The van der Waals surface area contributed by atoms with Crippen LogP contribution in [0.25, 0.3) is 0 Å². The molecular formula is C12H10BrFN2O. The highest BCUT2D eigenvalue weighted by Crippen LogP contribution is 2.22. The number of benzene rings is 1. The summed E-state index contributed by atoms with van der Waals surface area (Å²) in [5.41, 5.74) is 6.81. The van der Waals surface area contributed by atoms with E-state index in [1.165, 1.54) is 18.2 Å². The van der Waals surface area contributed by atoms with E-state index in [9.17, 15) is 4.39 Å². The largest absolute Gasteiger partial charge is 0.485 e. The van der Waals surface area contributed by atoms with Crippen LogP contribution in [0.2, 0.25) is 0 Å². The van der Waals surface area contributed by atoms with Crippen molar-refractivity contribution in [3.63, 3.8) is 0 Å². The number of pyridine rings is 1. The number of rotatable bonds is 3. The number of ether oxygens (including phenoxy) is 1. The van der Waals surface area contributed by atoms with Gasteiger partial charge in [-0.2, -0.15) is 0 Å². The van der Waals surface area contributed by atoms with Crippen LogP contribution in [0, 0.1) is 5.82 Å². The summed E-state index contributed by atoms with van der Waals surface area (Å²) in [7, 11) is 0. The van der Waals surface area contributed by atoms with Crippen molar-refractivity contribution in [2.24, 2.45) is 0 Å². The van der Waals surface area contributed by atoms with Gasteiger partial charge in [-0.1, -0.05) is 0 Å². The summed E-state index contributed by atoms with van der Waals surface area (Å²) in [6, 6.07) is 7.70. The summed E-state index contributed by atoms with van der Waals surface area (Å²) >= 11 is 3.29. The van der Waals surface area contributed by atoms with Gasteiger partial charge in [-0.05, 0) is 40.2 Å². The summed E-state index contributed by atoms with van der Waals surface area (Å²) < 4.78 is 19.3. The molecule has 3 nitrogen and oxygen atoms in total. The number of hydrogen-bond donors (Lipinski definition) is 1. The van der Waals surface area contributed by atoms with Crippen LogP contribution in [0.5, 0.6) is 5.75 Å². The fourth-order valence-corrected chi connectivity index (χ4v) is 1.51. The topological polar surface area (TPSA) is 48.1 Å². The van der Waals surface area contributed by atoms with E-state index in [2.05, 4.69) is 20.9 Å². The van der Waals surface area contributed by atoms with Crippen LogP contribution in [0.15, 0.2) is 41.0 Å². The third-order valence-electron chi connectivity index (χ3n) is 2.14. The average molecular weight is 297 g/mol. The van der Waals surface area contributed by atoms with E-state index >= 15 is 0 Å². The molecule has 0 aliphatic carbocycles. The van der Waals surface area contributed by atoms with E-state index in [0.717, 1.165) is 10.2 Å². The number of aromatic nitrogens is 1. The van der Waals surface area contributed by atoms with Crippen molar-refractivity contribution >= 4 is 21.6 Å². The first-order valence-corrected chi connectivity index (χ1v) is 5.73. The summed E-state index contributed by atoms with van der Waals surface area (Å²) in [6.07, 6.45) is 1.67. The zero-order chi connectivity index (χ0) is 12.3. The fourth-order valence-electron chi connectivity index (χ4n) is 1.28. The molecule has 2 N–H and O–H groups in total. The summed E-state index contributed by atoms with van der Waals surface area (Å²) in [4.78, 5) is 4.14. The first-order valence-electron chi connectivity index (χ1n) is 4.93. The molecule has 1 aromatic heterocycles. The van der Waals surface area contributed by atoms with Gasteiger partial charge in [-0.3, -0.25) is 4.98 Å². The van der Waals surface area contributed by atoms with Gasteiger partial charge in [0.2, 0.25) is 0 Å². The lowest BCUT2D eigenvalue weighted by Gasteiger charge is -2.08. The minimum atomic E-state index is -0.377. The number of halogens is 2. The van der Waals surface area contributed by atoms with Gasteiger partial charge in [-0.25, -0.2) is 4.39 Å². The molecule has 1 heterocycles. The monoisotopic (exact) mass is 296 g/mol. The number of nitrogen functional groups attached to an aromatic ring is 1. The number of nitrogens with two attached hydrogens (primary N) is 1. The fraction of sp³-hybridized carbons (Fsp3) is 0.0833. The van der Waals surface area contributed by atoms with Gasteiger partial charge < -0.3 is 10.5 Å². The molecule has 88 valence electrons. The van der Waals surface area contributed by atoms with Gasteiger partial charge in [0.05, 0.1) is 11.4 Å². The summed E-state index contributed by atoms with van der Waals surface area (Å²) in [5.74, 6) is -0.0484. The maximum Gasteiger partial charge on any atom is 0.145 e. The third-order valence-corrected chi connectivity index (χ3v) is 2.61. The molecular weight excluding hydrogens is 287 g/mol. The van der Waals surface area contributed by atoms with Crippen molar-refractivity contribution in [1.82, 2.24) is 4.98 Å². The molecule has 17 heavy (non-hydrogen) atoms. The van der Waals surface area contributed by atoms with Crippen molar-refractivity contribution in [2.75, 3.05) is 5.73 Å². The number of hydrogen-bond acceptors (Lipinski definition) is 3. The van der Waals surface area contributed by atoms with Crippen LogP contribution in [0.1, 0.15) is 5.69 Å². The smallest absolute Gasteiger partial charge is 0.145 e. The highest BCUT2D eigenvalue weighted by atomic mass is 79.9. The molecule has 0 aliphatic heterocycles. The molecule has 5 heteroatoms. The Balaban J connectivity index is 2.07. The molecule has 0 aliphatic rings. The lowest BCUT2D eigenvalue weighted by molar-refractivity contribution is 0.301. The minimum Gasteiger partial charge on any atom is -0.485 e. The Morgan fingerprint density at radius 1 is 1.29 bits per heavy atom. The first kappa shape index (κ1) is 11.9. The summed E-state index contributed by atoms with van der Waals surface area (Å²) in [5, 5.41) is 0. The quantitative estimate of drug-likeness (QED) is 0.885. The van der Waals surface area contributed by atoms with Crippen LogP contribution < -0.4 is 10.5 Å². The first-order chi connectivity index (χ1) is 8.15. The van der Waals surface area contributed by atoms with E-state index in [1.807, 2.05) is 12.1 Å². The normalized spacial score (nSPS) is 10.2. The number of anilines is 1. The molecule has 0 saturated heterocycles. The minimum absolute atomic E-state index is 0.251. The second-order valence-electron chi connectivity index (χ2n) is 3.44. The lowest BCUT2D eigenvalue weighted by Crippen LogP contribution is -2.00.